The first-order valence-electron chi connectivity index (χ1n) is 7.12. The molecule has 0 spiro atoms. The number of aliphatic carboxylic acids is 1. The van der Waals surface area contributed by atoms with Crippen molar-refractivity contribution in [2.75, 3.05) is 13.1 Å². The maximum absolute atomic E-state index is 12.2. The third-order valence-electron chi connectivity index (χ3n) is 4.01. The Labute approximate surface area is 122 Å². The van der Waals surface area contributed by atoms with Crippen molar-refractivity contribution in [3.05, 3.63) is 12.2 Å². The highest BCUT2D eigenvalue weighted by Gasteiger charge is 2.45. The van der Waals surface area contributed by atoms with Gasteiger partial charge in [0.2, 0.25) is 0 Å². The molecule has 1 aliphatic heterocycles. The molecule has 2 atom stereocenters. The van der Waals surface area contributed by atoms with E-state index in [0.717, 1.165) is 6.42 Å². The van der Waals surface area contributed by atoms with Crippen molar-refractivity contribution >= 4 is 12.0 Å². The second-order valence-corrected chi connectivity index (χ2v) is 5.55. The SMILES string of the molecule is CCCC1(C(=O)O)CCN(C(=O)NC(C)c2ncn[nH]2)C1. The van der Waals surface area contributed by atoms with E-state index in [9.17, 15) is 14.7 Å². The van der Waals surface area contributed by atoms with E-state index >= 15 is 0 Å². The topological polar surface area (TPSA) is 111 Å². The molecule has 8 heteroatoms. The molecule has 21 heavy (non-hydrogen) atoms. The number of aromatic amines is 1. The number of nitrogens with one attached hydrogen (secondary N) is 2. The Hall–Kier alpha value is -2.12. The van der Waals surface area contributed by atoms with Crippen LogP contribution in [-0.2, 0) is 4.79 Å². The normalized spacial score (nSPS) is 23.0. The minimum absolute atomic E-state index is 0.255. The fourth-order valence-corrected chi connectivity index (χ4v) is 2.78. The molecule has 2 rings (SSSR count). The van der Waals surface area contributed by atoms with Crippen LogP contribution in [0, 0.1) is 5.41 Å². The standard InChI is InChI=1S/C13H21N5O3/c1-3-4-13(11(19)20)5-6-18(7-13)12(21)16-9(2)10-14-8-15-17-10/h8-9H,3-7H2,1-2H3,(H,16,21)(H,19,20)(H,14,15,17). The third-order valence-corrected chi connectivity index (χ3v) is 4.01. The Kier molecular flexibility index (Phi) is 4.44. The summed E-state index contributed by atoms with van der Waals surface area (Å²) >= 11 is 0. The van der Waals surface area contributed by atoms with Crippen molar-refractivity contribution in [3.63, 3.8) is 0 Å². The smallest absolute Gasteiger partial charge is 0.318 e. The molecule has 1 saturated heterocycles. The molecule has 0 saturated carbocycles. The minimum atomic E-state index is -0.817. The summed E-state index contributed by atoms with van der Waals surface area (Å²) in [6.45, 7) is 4.47. The van der Waals surface area contributed by atoms with E-state index in [4.69, 9.17) is 0 Å². The number of amides is 2. The van der Waals surface area contributed by atoms with E-state index < -0.39 is 11.4 Å². The molecular weight excluding hydrogens is 274 g/mol. The molecule has 3 N–H and O–H groups in total. The molecule has 2 unspecified atom stereocenters. The van der Waals surface area contributed by atoms with Crippen LogP contribution >= 0.6 is 0 Å². The van der Waals surface area contributed by atoms with Gasteiger partial charge in [-0.1, -0.05) is 13.3 Å². The Bertz CT molecular complexity index is 504. The summed E-state index contributed by atoms with van der Waals surface area (Å²) in [5, 5.41) is 18.7. The number of hydrogen-bond donors (Lipinski definition) is 3. The van der Waals surface area contributed by atoms with E-state index in [1.54, 1.807) is 11.8 Å². The van der Waals surface area contributed by atoms with Gasteiger partial charge >= 0.3 is 12.0 Å². The lowest BCUT2D eigenvalue weighted by molar-refractivity contribution is -0.148. The lowest BCUT2D eigenvalue weighted by Crippen LogP contribution is -2.42. The van der Waals surface area contributed by atoms with Crippen molar-refractivity contribution in [2.45, 2.75) is 39.2 Å². The summed E-state index contributed by atoms with van der Waals surface area (Å²) in [7, 11) is 0. The highest BCUT2D eigenvalue weighted by atomic mass is 16.4. The first kappa shape index (κ1) is 15.3. The Morgan fingerprint density at radius 3 is 2.95 bits per heavy atom. The summed E-state index contributed by atoms with van der Waals surface area (Å²) < 4.78 is 0. The predicted molar refractivity (Wildman–Crippen MR) is 74.5 cm³/mol. The zero-order chi connectivity index (χ0) is 15.5. The van der Waals surface area contributed by atoms with Gasteiger partial charge in [0.05, 0.1) is 11.5 Å². The zero-order valence-electron chi connectivity index (χ0n) is 12.3. The van der Waals surface area contributed by atoms with E-state index in [-0.39, 0.29) is 18.6 Å². The van der Waals surface area contributed by atoms with E-state index in [0.29, 0.717) is 25.2 Å². The summed E-state index contributed by atoms with van der Waals surface area (Å²) in [5.74, 6) is -0.247. The summed E-state index contributed by atoms with van der Waals surface area (Å²) in [6.07, 6.45) is 3.25. The van der Waals surface area contributed by atoms with Crippen molar-refractivity contribution in [2.24, 2.45) is 5.41 Å². The molecule has 116 valence electrons. The average molecular weight is 295 g/mol. The number of urea groups is 1. The lowest BCUT2D eigenvalue weighted by Gasteiger charge is -2.25. The zero-order valence-corrected chi connectivity index (χ0v) is 12.3. The van der Waals surface area contributed by atoms with Gasteiger partial charge in [-0.2, -0.15) is 5.10 Å². The number of rotatable bonds is 5. The van der Waals surface area contributed by atoms with Crippen molar-refractivity contribution in [1.82, 2.24) is 25.4 Å². The number of H-pyrrole nitrogens is 1. The van der Waals surface area contributed by atoms with Gasteiger partial charge in [0.1, 0.15) is 12.2 Å². The van der Waals surface area contributed by atoms with Crippen LogP contribution in [0.15, 0.2) is 6.33 Å². The fourth-order valence-electron chi connectivity index (χ4n) is 2.78. The molecule has 2 heterocycles. The van der Waals surface area contributed by atoms with Crippen LogP contribution in [0.3, 0.4) is 0 Å². The summed E-state index contributed by atoms with van der Waals surface area (Å²) in [6, 6.07) is -0.566. The highest BCUT2D eigenvalue weighted by Crippen LogP contribution is 2.35. The number of nitrogens with zero attached hydrogens (tertiary/aromatic N) is 3. The van der Waals surface area contributed by atoms with Gasteiger partial charge in [0.15, 0.2) is 0 Å². The highest BCUT2D eigenvalue weighted by molar-refractivity contribution is 5.79. The molecule has 1 fully saturated rings. The molecule has 0 aliphatic carbocycles. The number of carbonyl (C=O) groups excluding carboxylic acids is 1. The number of carboxylic acids is 1. The fraction of sp³-hybridized carbons (Fsp3) is 0.692. The Balaban J connectivity index is 1.97. The summed E-state index contributed by atoms with van der Waals surface area (Å²) in [5.41, 5.74) is -0.804. The summed E-state index contributed by atoms with van der Waals surface area (Å²) in [4.78, 5) is 29.3. The molecule has 2 amide bonds. The molecule has 0 aromatic carbocycles. The molecule has 0 bridgehead atoms. The second kappa shape index (κ2) is 6.11. The van der Waals surface area contributed by atoms with Crippen molar-refractivity contribution < 1.29 is 14.7 Å². The monoisotopic (exact) mass is 295 g/mol. The molecule has 0 radical (unpaired) electrons. The number of carbonyl (C=O) groups is 2. The number of carboxylic acid groups (broad SMARTS) is 1. The Morgan fingerprint density at radius 1 is 1.62 bits per heavy atom. The molecule has 1 aromatic heterocycles. The number of likely N-dealkylation sites (tertiary alicyclic amines) is 1. The largest absolute Gasteiger partial charge is 0.481 e. The first-order valence-corrected chi connectivity index (χ1v) is 7.12. The lowest BCUT2D eigenvalue weighted by atomic mass is 9.83. The van der Waals surface area contributed by atoms with Crippen LogP contribution in [0.2, 0.25) is 0 Å². The molecule has 1 aromatic rings. The first-order chi connectivity index (χ1) is 9.98. The maximum Gasteiger partial charge on any atom is 0.318 e. The molecule has 1 aliphatic rings. The van der Waals surface area contributed by atoms with E-state index in [1.807, 2.05) is 6.92 Å². The Morgan fingerprint density at radius 2 is 2.38 bits per heavy atom. The van der Waals surface area contributed by atoms with Crippen LogP contribution in [0.4, 0.5) is 4.79 Å². The van der Waals surface area contributed by atoms with Gasteiger partial charge in [-0.15, -0.1) is 0 Å². The van der Waals surface area contributed by atoms with Crippen molar-refractivity contribution in [3.8, 4) is 0 Å². The minimum Gasteiger partial charge on any atom is -0.481 e. The predicted octanol–water partition coefficient (Wildman–Crippen LogP) is 1.15. The third kappa shape index (κ3) is 3.14. The van der Waals surface area contributed by atoms with Gasteiger partial charge in [-0.25, -0.2) is 9.78 Å². The quantitative estimate of drug-likeness (QED) is 0.754. The van der Waals surface area contributed by atoms with E-state index in [1.165, 1.54) is 6.33 Å². The van der Waals surface area contributed by atoms with E-state index in [2.05, 4.69) is 20.5 Å². The van der Waals surface area contributed by atoms with Gasteiger partial charge in [0, 0.05) is 13.1 Å². The van der Waals surface area contributed by atoms with Gasteiger partial charge in [-0.05, 0) is 19.8 Å². The molecular formula is C13H21N5O3. The van der Waals surface area contributed by atoms with Gasteiger partial charge in [-0.3, -0.25) is 9.89 Å². The molecule has 8 nitrogen and oxygen atoms in total. The maximum atomic E-state index is 12.2. The number of hydrogen-bond acceptors (Lipinski definition) is 4. The van der Waals surface area contributed by atoms with Crippen LogP contribution in [0.1, 0.15) is 45.0 Å². The van der Waals surface area contributed by atoms with Crippen LogP contribution in [0.5, 0.6) is 0 Å². The van der Waals surface area contributed by atoms with Crippen LogP contribution < -0.4 is 5.32 Å². The van der Waals surface area contributed by atoms with Crippen LogP contribution in [-0.4, -0.2) is 50.3 Å². The van der Waals surface area contributed by atoms with Gasteiger partial charge < -0.3 is 15.3 Å². The average Bonchev–Trinajstić information content (AvgIpc) is 3.09. The number of aromatic nitrogens is 3. The second-order valence-electron chi connectivity index (χ2n) is 5.55. The van der Waals surface area contributed by atoms with Crippen LogP contribution in [0.25, 0.3) is 0 Å². The van der Waals surface area contributed by atoms with Crippen molar-refractivity contribution in [1.29, 1.82) is 0 Å². The van der Waals surface area contributed by atoms with Gasteiger partial charge in [0.25, 0.3) is 0 Å².